The molecule has 0 aliphatic rings. The van der Waals surface area contributed by atoms with Crippen LogP contribution in [0.3, 0.4) is 0 Å². The van der Waals surface area contributed by atoms with E-state index in [2.05, 4.69) is 20.7 Å². The number of halogens is 3. The maximum Gasteiger partial charge on any atom is 0.261 e. The molecular weight excluding hydrogens is 399 g/mol. The first-order chi connectivity index (χ1) is 9.83. The lowest BCUT2D eigenvalue weighted by Crippen LogP contribution is -2.13. The van der Waals surface area contributed by atoms with E-state index < -0.39 is 10.0 Å². The second kappa shape index (κ2) is 6.54. The highest BCUT2D eigenvalue weighted by molar-refractivity contribution is 9.10. The van der Waals surface area contributed by atoms with Crippen LogP contribution < -0.4 is 10.5 Å². The number of anilines is 1. The molecule has 2 aromatic carbocycles. The van der Waals surface area contributed by atoms with Gasteiger partial charge in [0.25, 0.3) is 10.0 Å². The van der Waals surface area contributed by atoms with E-state index in [1.807, 2.05) is 0 Å². The number of rotatable bonds is 4. The largest absolute Gasteiger partial charge is 0.326 e. The van der Waals surface area contributed by atoms with Gasteiger partial charge in [0.2, 0.25) is 0 Å². The molecule has 0 spiro atoms. The van der Waals surface area contributed by atoms with Gasteiger partial charge in [-0.3, -0.25) is 4.72 Å². The zero-order chi connectivity index (χ0) is 15.6. The van der Waals surface area contributed by atoms with Crippen molar-refractivity contribution in [2.45, 2.75) is 11.4 Å². The van der Waals surface area contributed by atoms with Crippen LogP contribution >= 0.6 is 39.1 Å². The number of sulfonamides is 1. The van der Waals surface area contributed by atoms with Crippen molar-refractivity contribution in [1.29, 1.82) is 0 Å². The second-order valence-corrected chi connectivity index (χ2v) is 7.57. The summed E-state index contributed by atoms with van der Waals surface area (Å²) in [5.41, 5.74) is 6.53. The lowest BCUT2D eigenvalue weighted by Gasteiger charge is -2.11. The van der Waals surface area contributed by atoms with Gasteiger partial charge >= 0.3 is 0 Å². The molecule has 2 aromatic rings. The molecule has 4 nitrogen and oxygen atoms in total. The molecule has 8 heteroatoms. The summed E-state index contributed by atoms with van der Waals surface area (Å²) in [5.74, 6) is 0. The van der Waals surface area contributed by atoms with E-state index in [0.29, 0.717) is 25.8 Å². The Morgan fingerprint density at radius 1 is 1.14 bits per heavy atom. The van der Waals surface area contributed by atoms with Crippen LogP contribution in [0.1, 0.15) is 5.56 Å². The smallest absolute Gasteiger partial charge is 0.261 e. The Balaban J connectivity index is 2.38. The van der Waals surface area contributed by atoms with Gasteiger partial charge in [-0.1, -0.05) is 29.3 Å². The Morgan fingerprint density at radius 2 is 1.86 bits per heavy atom. The van der Waals surface area contributed by atoms with Crippen molar-refractivity contribution in [3.63, 3.8) is 0 Å². The van der Waals surface area contributed by atoms with Crippen LogP contribution in [0.25, 0.3) is 0 Å². The van der Waals surface area contributed by atoms with Gasteiger partial charge in [0.15, 0.2) is 0 Å². The van der Waals surface area contributed by atoms with Crippen LogP contribution in [0, 0.1) is 0 Å². The first kappa shape index (κ1) is 16.6. The van der Waals surface area contributed by atoms with Gasteiger partial charge in [-0.15, -0.1) is 0 Å². The molecule has 0 bridgehead atoms. The molecular formula is C13H11BrCl2N2O2S. The first-order valence-corrected chi connectivity index (χ1v) is 8.83. The van der Waals surface area contributed by atoms with Crippen LogP contribution in [-0.4, -0.2) is 8.42 Å². The molecule has 0 atom stereocenters. The van der Waals surface area contributed by atoms with Gasteiger partial charge < -0.3 is 5.73 Å². The Labute approximate surface area is 141 Å². The Morgan fingerprint density at radius 3 is 2.48 bits per heavy atom. The van der Waals surface area contributed by atoms with Crippen LogP contribution in [0.4, 0.5) is 5.69 Å². The Bertz CT molecular complexity index is 782. The van der Waals surface area contributed by atoms with E-state index in [4.69, 9.17) is 28.9 Å². The van der Waals surface area contributed by atoms with E-state index >= 15 is 0 Å². The van der Waals surface area contributed by atoms with Gasteiger partial charge in [0, 0.05) is 21.1 Å². The van der Waals surface area contributed by atoms with Crippen molar-refractivity contribution in [3.8, 4) is 0 Å². The maximum absolute atomic E-state index is 12.4. The number of benzene rings is 2. The molecule has 0 amide bonds. The summed E-state index contributed by atoms with van der Waals surface area (Å²) in [5, 5.41) is 0.734. The minimum atomic E-state index is -3.76. The van der Waals surface area contributed by atoms with Crippen LogP contribution in [-0.2, 0) is 16.6 Å². The van der Waals surface area contributed by atoms with Crippen molar-refractivity contribution >= 4 is 54.8 Å². The number of hydrogen-bond donors (Lipinski definition) is 2. The third-order valence-corrected chi connectivity index (χ3v) is 5.37. The molecule has 0 aliphatic carbocycles. The SMILES string of the molecule is NCc1ccc(S(=O)(=O)Nc2cc(Cl)ccc2Br)cc1Cl. The minimum absolute atomic E-state index is 0.0524. The van der Waals surface area contributed by atoms with Crippen molar-refractivity contribution in [2.24, 2.45) is 5.73 Å². The van der Waals surface area contributed by atoms with Crippen molar-refractivity contribution < 1.29 is 8.42 Å². The molecule has 0 heterocycles. The van der Waals surface area contributed by atoms with Crippen LogP contribution in [0.15, 0.2) is 45.8 Å². The summed E-state index contributed by atoms with van der Waals surface area (Å²) in [6, 6.07) is 9.23. The predicted octanol–water partition coefficient (Wildman–Crippen LogP) is 4.02. The quantitative estimate of drug-likeness (QED) is 0.800. The molecule has 112 valence electrons. The fourth-order valence-corrected chi connectivity index (χ4v) is 3.71. The standard InChI is InChI=1S/C13H11BrCl2N2O2S/c14-11-4-2-9(15)5-13(11)18-21(19,20)10-3-1-8(7-17)12(16)6-10/h1-6,18H,7,17H2. The van der Waals surface area contributed by atoms with Gasteiger partial charge in [0.1, 0.15) is 0 Å². The third-order valence-electron chi connectivity index (χ3n) is 2.73. The lowest BCUT2D eigenvalue weighted by molar-refractivity contribution is 0.601. The van der Waals surface area contributed by atoms with Crippen molar-refractivity contribution in [3.05, 3.63) is 56.5 Å². The summed E-state index contributed by atoms with van der Waals surface area (Å²) >= 11 is 15.1. The summed E-state index contributed by atoms with van der Waals surface area (Å²) in [4.78, 5) is 0.0524. The highest BCUT2D eigenvalue weighted by atomic mass is 79.9. The van der Waals surface area contributed by atoms with Crippen molar-refractivity contribution in [2.75, 3.05) is 4.72 Å². The molecule has 0 unspecified atom stereocenters. The van der Waals surface area contributed by atoms with Gasteiger partial charge in [0.05, 0.1) is 10.6 Å². The zero-order valence-electron chi connectivity index (χ0n) is 10.6. The van der Waals surface area contributed by atoms with Crippen molar-refractivity contribution in [1.82, 2.24) is 0 Å². The second-order valence-electron chi connectivity index (χ2n) is 4.19. The normalized spacial score (nSPS) is 11.4. The zero-order valence-corrected chi connectivity index (χ0v) is 14.5. The van der Waals surface area contributed by atoms with E-state index in [1.54, 1.807) is 18.2 Å². The summed E-state index contributed by atoms with van der Waals surface area (Å²) < 4.78 is 27.7. The summed E-state index contributed by atoms with van der Waals surface area (Å²) in [7, 11) is -3.76. The fraction of sp³-hybridized carbons (Fsp3) is 0.0769. The number of nitrogens with one attached hydrogen (secondary N) is 1. The average Bonchev–Trinajstić information content (AvgIpc) is 2.42. The summed E-state index contributed by atoms with van der Waals surface area (Å²) in [6.45, 7) is 0.242. The maximum atomic E-state index is 12.4. The van der Waals surface area contributed by atoms with Crippen LogP contribution in [0.5, 0.6) is 0 Å². The van der Waals surface area contributed by atoms with E-state index in [9.17, 15) is 8.42 Å². The number of hydrogen-bond acceptors (Lipinski definition) is 3. The molecule has 21 heavy (non-hydrogen) atoms. The molecule has 0 fully saturated rings. The molecule has 0 aliphatic heterocycles. The topological polar surface area (TPSA) is 72.2 Å². The lowest BCUT2D eigenvalue weighted by atomic mass is 10.2. The monoisotopic (exact) mass is 408 g/mol. The molecule has 0 aromatic heterocycles. The van der Waals surface area contributed by atoms with Gasteiger partial charge in [-0.2, -0.15) is 0 Å². The molecule has 0 radical (unpaired) electrons. The summed E-state index contributed by atoms with van der Waals surface area (Å²) in [6.07, 6.45) is 0. The third kappa shape index (κ3) is 3.90. The average molecular weight is 410 g/mol. The highest BCUT2D eigenvalue weighted by Gasteiger charge is 2.17. The Hall–Kier alpha value is -0.790. The van der Waals surface area contributed by atoms with E-state index in [1.165, 1.54) is 18.2 Å². The molecule has 0 saturated heterocycles. The molecule has 2 rings (SSSR count). The van der Waals surface area contributed by atoms with E-state index in [-0.39, 0.29) is 11.4 Å². The molecule has 3 N–H and O–H groups in total. The fourth-order valence-electron chi connectivity index (χ4n) is 1.64. The number of nitrogens with two attached hydrogens (primary N) is 1. The predicted molar refractivity (Wildman–Crippen MR) is 89.3 cm³/mol. The molecule has 0 saturated carbocycles. The van der Waals surface area contributed by atoms with Crippen LogP contribution in [0.2, 0.25) is 10.0 Å². The van der Waals surface area contributed by atoms with Gasteiger partial charge in [-0.05, 0) is 51.8 Å². The van der Waals surface area contributed by atoms with E-state index in [0.717, 1.165) is 0 Å². The van der Waals surface area contributed by atoms with Gasteiger partial charge in [-0.25, -0.2) is 8.42 Å². The Kier molecular flexibility index (Phi) is 5.16. The minimum Gasteiger partial charge on any atom is -0.326 e. The highest BCUT2D eigenvalue weighted by Crippen LogP contribution is 2.29. The first-order valence-electron chi connectivity index (χ1n) is 5.80.